The second-order valence-corrected chi connectivity index (χ2v) is 7.02. The number of hydrogen-bond donors (Lipinski definition) is 2. The van der Waals surface area contributed by atoms with Gasteiger partial charge in [0.25, 0.3) is 0 Å². The molecule has 0 atom stereocenters. The van der Waals surface area contributed by atoms with E-state index in [0.29, 0.717) is 22.9 Å². The SMILES string of the molecule is NCc1ccc(Nc2cc(Cl)c(N3CCC(C(F)(F)F)CC3)cc2F)cc1. The topological polar surface area (TPSA) is 41.3 Å². The number of rotatable bonds is 4. The molecule has 1 aliphatic rings. The maximum atomic E-state index is 14.5. The zero-order valence-electron chi connectivity index (χ0n) is 14.5. The Balaban J connectivity index is 1.73. The fourth-order valence-electron chi connectivity index (χ4n) is 3.20. The highest BCUT2D eigenvalue weighted by atomic mass is 35.5. The van der Waals surface area contributed by atoms with Gasteiger partial charge in [-0.05, 0) is 36.6 Å². The summed E-state index contributed by atoms with van der Waals surface area (Å²) in [6.07, 6.45) is -4.22. The molecule has 1 heterocycles. The monoisotopic (exact) mass is 401 g/mol. The quantitative estimate of drug-likeness (QED) is 0.668. The van der Waals surface area contributed by atoms with Crippen LogP contribution in [0.3, 0.4) is 0 Å². The van der Waals surface area contributed by atoms with Crippen LogP contribution < -0.4 is 16.0 Å². The van der Waals surface area contributed by atoms with Crippen LogP contribution in [0.5, 0.6) is 0 Å². The van der Waals surface area contributed by atoms with E-state index < -0.39 is 17.9 Å². The maximum Gasteiger partial charge on any atom is 0.391 e. The molecule has 27 heavy (non-hydrogen) atoms. The molecule has 0 bridgehead atoms. The highest BCUT2D eigenvalue weighted by molar-refractivity contribution is 6.33. The minimum atomic E-state index is -4.19. The fourth-order valence-corrected chi connectivity index (χ4v) is 3.49. The van der Waals surface area contributed by atoms with E-state index in [0.717, 1.165) is 5.56 Å². The van der Waals surface area contributed by atoms with E-state index in [9.17, 15) is 17.6 Å². The van der Waals surface area contributed by atoms with Crippen molar-refractivity contribution in [3.05, 3.63) is 52.8 Å². The summed E-state index contributed by atoms with van der Waals surface area (Å²) in [5.41, 5.74) is 7.81. The van der Waals surface area contributed by atoms with Gasteiger partial charge in [0, 0.05) is 31.4 Å². The molecule has 0 radical (unpaired) electrons. The minimum Gasteiger partial charge on any atom is -0.370 e. The summed E-state index contributed by atoms with van der Waals surface area (Å²) in [6, 6.07) is 9.96. The van der Waals surface area contributed by atoms with E-state index >= 15 is 0 Å². The van der Waals surface area contributed by atoms with Gasteiger partial charge in [-0.25, -0.2) is 4.39 Å². The van der Waals surface area contributed by atoms with Crippen LogP contribution in [0.25, 0.3) is 0 Å². The Morgan fingerprint density at radius 1 is 1.11 bits per heavy atom. The second-order valence-electron chi connectivity index (χ2n) is 6.61. The van der Waals surface area contributed by atoms with Gasteiger partial charge in [-0.1, -0.05) is 23.7 Å². The van der Waals surface area contributed by atoms with Crippen LogP contribution in [0.15, 0.2) is 36.4 Å². The average molecular weight is 402 g/mol. The molecule has 2 aromatic rings. The molecule has 1 fully saturated rings. The molecule has 8 heteroatoms. The number of nitrogens with two attached hydrogens (primary N) is 1. The van der Waals surface area contributed by atoms with Crippen molar-refractivity contribution in [1.29, 1.82) is 0 Å². The van der Waals surface area contributed by atoms with Crippen molar-refractivity contribution in [3.63, 3.8) is 0 Å². The van der Waals surface area contributed by atoms with E-state index in [1.807, 2.05) is 12.1 Å². The number of benzene rings is 2. The smallest absolute Gasteiger partial charge is 0.370 e. The molecule has 1 saturated heterocycles. The first kappa shape index (κ1) is 19.8. The van der Waals surface area contributed by atoms with Crippen LogP contribution in [0.4, 0.5) is 34.6 Å². The van der Waals surface area contributed by atoms with E-state index in [1.54, 1.807) is 17.0 Å². The van der Waals surface area contributed by atoms with Gasteiger partial charge in [0.15, 0.2) is 0 Å². The molecule has 3 rings (SSSR count). The zero-order chi connectivity index (χ0) is 19.6. The number of nitrogens with zero attached hydrogens (tertiary/aromatic N) is 1. The number of nitrogens with one attached hydrogen (secondary N) is 1. The van der Waals surface area contributed by atoms with Crippen LogP contribution in [0.1, 0.15) is 18.4 Å². The summed E-state index contributed by atoms with van der Waals surface area (Å²) in [6.45, 7) is 0.799. The van der Waals surface area contributed by atoms with Gasteiger partial charge in [0.2, 0.25) is 0 Å². The number of piperidine rings is 1. The minimum absolute atomic E-state index is 0.0189. The number of hydrogen-bond acceptors (Lipinski definition) is 3. The summed E-state index contributed by atoms with van der Waals surface area (Å²) in [5, 5.41) is 3.25. The second kappa shape index (κ2) is 7.94. The summed E-state index contributed by atoms with van der Waals surface area (Å²) in [5.74, 6) is -1.83. The lowest BCUT2D eigenvalue weighted by atomic mass is 9.96. The Bertz CT molecular complexity index is 785. The van der Waals surface area contributed by atoms with E-state index in [2.05, 4.69) is 5.32 Å². The third-order valence-electron chi connectivity index (χ3n) is 4.80. The lowest BCUT2D eigenvalue weighted by Gasteiger charge is -2.35. The molecule has 3 N–H and O–H groups in total. The van der Waals surface area contributed by atoms with Gasteiger partial charge in [-0.15, -0.1) is 0 Å². The molecular formula is C19H20ClF4N3. The van der Waals surface area contributed by atoms with E-state index in [-0.39, 0.29) is 31.6 Å². The van der Waals surface area contributed by atoms with Crippen molar-refractivity contribution in [2.45, 2.75) is 25.6 Å². The van der Waals surface area contributed by atoms with Crippen molar-refractivity contribution in [2.24, 2.45) is 11.7 Å². The van der Waals surface area contributed by atoms with Crippen LogP contribution in [0.2, 0.25) is 5.02 Å². The van der Waals surface area contributed by atoms with Gasteiger partial charge in [0.1, 0.15) is 5.82 Å². The van der Waals surface area contributed by atoms with Crippen LogP contribution in [0, 0.1) is 11.7 Å². The first-order chi connectivity index (χ1) is 12.8. The lowest BCUT2D eigenvalue weighted by molar-refractivity contribution is -0.179. The standard InChI is InChI=1S/C19H20ClF4N3/c20-15-9-17(26-14-3-1-12(11-25)2-4-14)16(21)10-18(15)27-7-5-13(6-8-27)19(22,23)24/h1-4,9-10,13,26H,5-8,11,25H2. The molecule has 0 unspecified atom stereocenters. The lowest BCUT2D eigenvalue weighted by Crippen LogP contribution is -2.39. The van der Waals surface area contributed by atoms with Gasteiger partial charge in [-0.2, -0.15) is 13.2 Å². The Hall–Kier alpha value is -1.99. The summed E-state index contributed by atoms with van der Waals surface area (Å²) < 4.78 is 52.9. The molecule has 0 aromatic heterocycles. The highest BCUT2D eigenvalue weighted by Crippen LogP contribution is 2.38. The summed E-state index contributed by atoms with van der Waals surface area (Å²) in [7, 11) is 0. The van der Waals surface area contributed by atoms with Gasteiger partial charge in [-0.3, -0.25) is 0 Å². The molecular weight excluding hydrogens is 382 g/mol. The van der Waals surface area contributed by atoms with Crippen LogP contribution in [-0.4, -0.2) is 19.3 Å². The number of halogens is 5. The summed E-state index contributed by atoms with van der Waals surface area (Å²) in [4.78, 5) is 1.70. The van der Waals surface area contributed by atoms with Crippen molar-refractivity contribution in [2.75, 3.05) is 23.3 Å². The van der Waals surface area contributed by atoms with Gasteiger partial charge < -0.3 is 16.0 Å². The highest BCUT2D eigenvalue weighted by Gasteiger charge is 2.41. The largest absolute Gasteiger partial charge is 0.391 e. The fraction of sp³-hybridized carbons (Fsp3) is 0.368. The molecule has 0 aliphatic carbocycles. The van der Waals surface area contributed by atoms with Crippen LogP contribution >= 0.6 is 11.6 Å². The Morgan fingerprint density at radius 2 is 1.74 bits per heavy atom. The molecule has 0 saturated carbocycles. The van der Waals surface area contributed by atoms with Gasteiger partial charge >= 0.3 is 6.18 Å². The third kappa shape index (κ3) is 4.65. The Morgan fingerprint density at radius 3 is 2.30 bits per heavy atom. The normalized spacial score (nSPS) is 15.9. The number of alkyl halides is 3. The van der Waals surface area contributed by atoms with E-state index in [4.69, 9.17) is 17.3 Å². The predicted molar refractivity (Wildman–Crippen MR) is 100 cm³/mol. The first-order valence-corrected chi connectivity index (χ1v) is 9.02. The summed E-state index contributed by atoms with van der Waals surface area (Å²) >= 11 is 6.29. The molecule has 0 spiro atoms. The van der Waals surface area contributed by atoms with Crippen LogP contribution in [-0.2, 0) is 6.54 Å². The number of anilines is 3. The zero-order valence-corrected chi connectivity index (χ0v) is 15.2. The maximum absolute atomic E-state index is 14.5. The Labute approximate surface area is 160 Å². The molecule has 0 amide bonds. The van der Waals surface area contributed by atoms with Crippen molar-refractivity contribution in [3.8, 4) is 0 Å². The van der Waals surface area contributed by atoms with Gasteiger partial charge in [0.05, 0.1) is 22.3 Å². The predicted octanol–water partition coefficient (Wildman–Crippen LogP) is 5.46. The average Bonchev–Trinajstić information content (AvgIpc) is 2.64. The first-order valence-electron chi connectivity index (χ1n) is 8.64. The molecule has 146 valence electrons. The van der Waals surface area contributed by atoms with Crippen molar-refractivity contribution in [1.82, 2.24) is 0 Å². The molecule has 3 nitrogen and oxygen atoms in total. The Kier molecular flexibility index (Phi) is 5.81. The van der Waals surface area contributed by atoms with E-state index in [1.165, 1.54) is 12.1 Å². The van der Waals surface area contributed by atoms with Crippen molar-refractivity contribution >= 4 is 28.7 Å². The third-order valence-corrected chi connectivity index (χ3v) is 5.11. The van der Waals surface area contributed by atoms with Crippen molar-refractivity contribution < 1.29 is 17.6 Å². The molecule has 2 aromatic carbocycles. The molecule has 1 aliphatic heterocycles.